The van der Waals surface area contributed by atoms with E-state index < -0.39 is 28.5 Å². The molecule has 3 aromatic carbocycles. The van der Waals surface area contributed by atoms with Crippen LogP contribution in [0.4, 0.5) is 5.69 Å². The van der Waals surface area contributed by atoms with E-state index in [1.165, 1.54) is 17.0 Å². The van der Waals surface area contributed by atoms with Gasteiger partial charge in [-0.05, 0) is 75.1 Å². The summed E-state index contributed by atoms with van der Waals surface area (Å²) in [5.41, 5.74) is 2.23. The fraction of sp³-hybridized carbons (Fsp3) is 0.355. The average Bonchev–Trinajstić information content (AvgIpc) is 2.95. The number of hydrogen-bond acceptors (Lipinski definition) is 4. The Kier molecular flexibility index (Phi) is 11.2. The van der Waals surface area contributed by atoms with Gasteiger partial charge < -0.3 is 10.2 Å². The van der Waals surface area contributed by atoms with Crippen molar-refractivity contribution in [1.82, 2.24) is 10.2 Å². The maximum absolute atomic E-state index is 14.0. The lowest BCUT2D eigenvalue weighted by Crippen LogP contribution is -2.54. The standard InChI is InChI=1S/C31H38ClN3O4S/c1-5-24(4)33-31(37)29(6-2)34(21-20-25-10-8-7-9-11-25)30(36)22-35(27-16-14-26(32)15-17-27)40(38,39)28-18-12-23(3)13-19-28/h7-19,24,29H,5-6,20-22H2,1-4H3,(H,33,37)/t24-,29+/m1/s1. The minimum absolute atomic E-state index is 0.0555. The van der Waals surface area contributed by atoms with E-state index in [4.69, 9.17) is 11.6 Å². The third kappa shape index (κ3) is 8.08. The summed E-state index contributed by atoms with van der Waals surface area (Å²) in [6.45, 7) is 7.40. The number of amides is 2. The highest BCUT2D eigenvalue weighted by molar-refractivity contribution is 7.92. The van der Waals surface area contributed by atoms with Crippen LogP contribution in [0, 0.1) is 6.92 Å². The smallest absolute Gasteiger partial charge is 0.264 e. The molecule has 3 rings (SSSR count). The fourth-order valence-electron chi connectivity index (χ4n) is 4.31. The molecule has 0 spiro atoms. The molecule has 214 valence electrons. The quantitative estimate of drug-likeness (QED) is 0.283. The van der Waals surface area contributed by atoms with E-state index in [9.17, 15) is 18.0 Å². The molecule has 0 radical (unpaired) electrons. The van der Waals surface area contributed by atoms with Gasteiger partial charge in [0.25, 0.3) is 10.0 Å². The molecular weight excluding hydrogens is 546 g/mol. The topological polar surface area (TPSA) is 86.8 Å². The van der Waals surface area contributed by atoms with Crippen molar-refractivity contribution < 1.29 is 18.0 Å². The summed E-state index contributed by atoms with van der Waals surface area (Å²) in [7, 11) is -4.11. The molecule has 9 heteroatoms. The van der Waals surface area contributed by atoms with Crippen LogP contribution in [0.2, 0.25) is 5.02 Å². The fourth-order valence-corrected chi connectivity index (χ4v) is 5.85. The van der Waals surface area contributed by atoms with Crippen molar-refractivity contribution in [3.8, 4) is 0 Å². The van der Waals surface area contributed by atoms with Crippen molar-refractivity contribution in [3.63, 3.8) is 0 Å². The van der Waals surface area contributed by atoms with Crippen LogP contribution in [0.5, 0.6) is 0 Å². The lowest BCUT2D eigenvalue weighted by Gasteiger charge is -2.33. The van der Waals surface area contributed by atoms with Gasteiger partial charge >= 0.3 is 0 Å². The normalized spacial score (nSPS) is 12.8. The maximum Gasteiger partial charge on any atom is 0.264 e. The van der Waals surface area contributed by atoms with Gasteiger partial charge in [-0.3, -0.25) is 13.9 Å². The predicted octanol–water partition coefficient (Wildman–Crippen LogP) is 5.61. The van der Waals surface area contributed by atoms with Crippen LogP contribution in [0.15, 0.2) is 83.8 Å². The molecule has 0 saturated heterocycles. The summed E-state index contributed by atoms with van der Waals surface area (Å²) >= 11 is 6.08. The highest BCUT2D eigenvalue weighted by atomic mass is 35.5. The molecule has 2 amide bonds. The SMILES string of the molecule is CC[C@@H](C)NC(=O)[C@H](CC)N(CCc1ccccc1)C(=O)CN(c1ccc(Cl)cc1)S(=O)(=O)c1ccc(C)cc1. The molecule has 7 nitrogen and oxygen atoms in total. The van der Waals surface area contributed by atoms with Crippen LogP contribution >= 0.6 is 11.6 Å². The number of halogens is 1. The number of nitrogens with zero attached hydrogens (tertiary/aromatic N) is 2. The Morgan fingerprint density at radius 3 is 2.10 bits per heavy atom. The van der Waals surface area contributed by atoms with Gasteiger partial charge in [0, 0.05) is 17.6 Å². The van der Waals surface area contributed by atoms with E-state index in [0.717, 1.165) is 21.9 Å². The lowest BCUT2D eigenvalue weighted by molar-refractivity contribution is -0.139. The Hall–Kier alpha value is -3.36. The second kappa shape index (κ2) is 14.3. The van der Waals surface area contributed by atoms with Gasteiger partial charge in [-0.25, -0.2) is 8.42 Å². The van der Waals surface area contributed by atoms with Crippen LogP contribution in [-0.4, -0.2) is 50.3 Å². The molecule has 1 N–H and O–H groups in total. The van der Waals surface area contributed by atoms with Crippen molar-refractivity contribution >= 4 is 39.1 Å². The Bertz CT molecular complexity index is 1360. The lowest BCUT2D eigenvalue weighted by atomic mass is 10.1. The minimum atomic E-state index is -4.11. The van der Waals surface area contributed by atoms with E-state index in [2.05, 4.69) is 5.32 Å². The monoisotopic (exact) mass is 583 g/mol. The van der Waals surface area contributed by atoms with Gasteiger partial charge in [-0.2, -0.15) is 0 Å². The zero-order chi connectivity index (χ0) is 29.3. The summed E-state index contributed by atoms with van der Waals surface area (Å²) in [4.78, 5) is 28.9. The number of nitrogens with one attached hydrogen (secondary N) is 1. The Balaban J connectivity index is 2.00. The zero-order valence-corrected chi connectivity index (χ0v) is 25.1. The van der Waals surface area contributed by atoms with Gasteiger partial charge in [-0.1, -0.05) is 73.5 Å². The molecule has 0 saturated carbocycles. The summed E-state index contributed by atoms with van der Waals surface area (Å²) in [6.07, 6.45) is 1.65. The number of rotatable bonds is 13. The van der Waals surface area contributed by atoms with Gasteiger partial charge in [-0.15, -0.1) is 0 Å². The maximum atomic E-state index is 14.0. The number of aryl methyl sites for hydroxylation is 1. The van der Waals surface area contributed by atoms with Crippen molar-refractivity contribution in [1.29, 1.82) is 0 Å². The zero-order valence-electron chi connectivity index (χ0n) is 23.5. The molecule has 3 aromatic rings. The molecule has 0 aromatic heterocycles. The van der Waals surface area contributed by atoms with Gasteiger partial charge in [0.2, 0.25) is 11.8 Å². The molecule has 0 heterocycles. The number of sulfonamides is 1. The van der Waals surface area contributed by atoms with Gasteiger partial charge in [0.05, 0.1) is 10.6 Å². The highest BCUT2D eigenvalue weighted by Gasteiger charge is 2.33. The van der Waals surface area contributed by atoms with E-state index in [1.54, 1.807) is 36.4 Å². The predicted molar refractivity (Wildman–Crippen MR) is 161 cm³/mol. The van der Waals surface area contributed by atoms with E-state index in [0.29, 0.717) is 23.6 Å². The van der Waals surface area contributed by atoms with Crippen molar-refractivity contribution in [2.24, 2.45) is 0 Å². The molecule has 40 heavy (non-hydrogen) atoms. The van der Waals surface area contributed by atoms with E-state index >= 15 is 0 Å². The number of carbonyl (C=O) groups is 2. The van der Waals surface area contributed by atoms with Crippen molar-refractivity contribution in [2.75, 3.05) is 17.4 Å². The summed E-state index contributed by atoms with van der Waals surface area (Å²) in [5.74, 6) is -0.717. The largest absolute Gasteiger partial charge is 0.352 e. The first-order valence-corrected chi connectivity index (χ1v) is 15.4. The third-order valence-electron chi connectivity index (χ3n) is 6.87. The molecule has 0 aliphatic carbocycles. The third-order valence-corrected chi connectivity index (χ3v) is 8.91. The Labute approximate surface area is 243 Å². The van der Waals surface area contributed by atoms with Crippen LogP contribution < -0.4 is 9.62 Å². The van der Waals surface area contributed by atoms with E-state index in [-0.39, 0.29) is 23.4 Å². The molecule has 0 fully saturated rings. The Morgan fingerprint density at radius 2 is 1.52 bits per heavy atom. The molecule has 0 aliphatic rings. The van der Waals surface area contributed by atoms with Crippen molar-refractivity contribution in [3.05, 3.63) is 95.0 Å². The summed E-state index contributed by atoms with van der Waals surface area (Å²) < 4.78 is 28.8. The number of benzene rings is 3. The highest BCUT2D eigenvalue weighted by Crippen LogP contribution is 2.26. The Morgan fingerprint density at radius 1 is 0.900 bits per heavy atom. The number of carbonyl (C=O) groups excluding carboxylic acids is 2. The second-order valence-corrected chi connectivity index (χ2v) is 12.2. The second-order valence-electron chi connectivity index (χ2n) is 9.87. The van der Waals surface area contributed by atoms with E-state index in [1.807, 2.05) is 58.0 Å². The number of hydrogen-bond donors (Lipinski definition) is 1. The molecule has 0 bridgehead atoms. The first-order chi connectivity index (χ1) is 19.1. The van der Waals surface area contributed by atoms with Crippen LogP contribution in [0.3, 0.4) is 0 Å². The van der Waals surface area contributed by atoms with Crippen LogP contribution in [0.1, 0.15) is 44.7 Å². The molecular formula is C31H38ClN3O4S. The summed E-state index contributed by atoms with van der Waals surface area (Å²) in [6, 6.07) is 21.7. The first kappa shape index (κ1) is 31.2. The summed E-state index contributed by atoms with van der Waals surface area (Å²) in [5, 5.41) is 3.43. The average molecular weight is 584 g/mol. The van der Waals surface area contributed by atoms with Gasteiger partial charge in [0.15, 0.2) is 0 Å². The van der Waals surface area contributed by atoms with Crippen LogP contribution in [-0.2, 0) is 26.0 Å². The first-order valence-electron chi connectivity index (χ1n) is 13.6. The molecule has 0 unspecified atom stereocenters. The molecule has 0 aliphatic heterocycles. The number of anilines is 1. The van der Waals surface area contributed by atoms with Crippen molar-refractivity contribution in [2.45, 2.75) is 63.9 Å². The molecule has 2 atom stereocenters. The van der Waals surface area contributed by atoms with Crippen LogP contribution in [0.25, 0.3) is 0 Å². The minimum Gasteiger partial charge on any atom is -0.352 e. The van der Waals surface area contributed by atoms with Gasteiger partial charge in [0.1, 0.15) is 12.6 Å².